The Morgan fingerprint density at radius 3 is 1.70 bits per heavy atom. The molecule has 0 aliphatic rings. The predicted octanol–water partition coefficient (Wildman–Crippen LogP) is 3.30. The fourth-order valence-corrected chi connectivity index (χ4v) is 5.86. The first-order valence-corrected chi connectivity index (χ1v) is 10.1. The highest BCUT2D eigenvalue weighted by Gasteiger charge is 2.31. The van der Waals surface area contributed by atoms with Crippen molar-refractivity contribution in [2.75, 3.05) is 6.61 Å². The number of hydrogen-bond acceptors (Lipinski definition) is 1. The molecule has 0 spiro atoms. The fraction of sp³-hybridized carbons (Fsp3) is 0.333. The van der Waals surface area contributed by atoms with Crippen LogP contribution in [0.4, 0.5) is 0 Å². The molecule has 0 fully saturated rings. The zero-order valence-corrected chi connectivity index (χ0v) is 13.7. The minimum atomic E-state index is -1.69. The van der Waals surface area contributed by atoms with Crippen LogP contribution in [0, 0.1) is 0 Å². The summed E-state index contributed by atoms with van der Waals surface area (Å²) in [5.74, 6) is 0. The number of hydrogen-bond donors (Lipinski definition) is 0. The van der Waals surface area contributed by atoms with Crippen LogP contribution < -0.4 is 10.4 Å². The molecule has 0 atom stereocenters. The molecule has 20 heavy (non-hydrogen) atoms. The van der Waals surface area contributed by atoms with Crippen molar-refractivity contribution in [3.8, 4) is 0 Å². The maximum absolute atomic E-state index is 5.82. The van der Waals surface area contributed by atoms with Gasteiger partial charge in [-0.05, 0) is 19.9 Å². The Labute approximate surface area is 123 Å². The molecule has 0 saturated heterocycles. The third-order valence-corrected chi connectivity index (χ3v) is 8.29. The molecular weight excluding hydrogens is 260 g/mol. The van der Waals surface area contributed by atoms with Crippen molar-refractivity contribution in [2.24, 2.45) is 0 Å². The highest BCUT2D eigenvalue weighted by Crippen LogP contribution is 2.12. The number of benzene rings is 2. The van der Waals surface area contributed by atoms with E-state index < -0.39 is 8.07 Å². The molecule has 0 bridgehead atoms. The van der Waals surface area contributed by atoms with Crippen molar-refractivity contribution < 1.29 is 4.74 Å². The van der Waals surface area contributed by atoms with Gasteiger partial charge in [-0.25, -0.2) is 0 Å². The summed E-state index contributed by atoms with van der Waals surface area (Å²) in [6, 6.07) is 23.0. The SMILES string of the molecule is CC(C)OCC[Si](C)(c1ccccc1)c1ccccc1. The molecule has 0 amide bonds. The second-order valence-electron chi connectivity index (χ2n) is 5.73. The smallest absolute Gasteiger partial charge is 0.117 e. The normalized spacial score (nSPS) is 11.8. The van der Waals surface area contributed by atoms with Crippen molar-refractivity contribution in [2.45, 2.75) is 32.5 Å². The quantitative estimate of drug-likeness (QED) is 0.740. The predicted molar refractivity (Wildman–Crippen MR) is 89.7 cm³/mol. The van der Waals surface area contributed by atoms with Crippen molar-refractivity contribution >= 4 is 18.4 Å². The second kappa shape index (κ2) is 6.87. The monoisotopic (exact) mass is 284 g/mol. The highest BCUT2D eigenvalue weighted by molar-refractivity contribution is 7.01. The average Bonchev–Trinajstić information content (AvgIpc) is 2.48. The molecule has 0 aromatic heterocycles. The van der Waals surface area contributed by atoms with Crippen LogP contribution in [0.2, 0.25) is 12.6 Å². The van der Waals surface area contributed by atoms with Crippen LogP contribution in [-0.4, -0.2) is 20.8 Å². The first-order valence-electron chi connectivity index (χ1n) is 7.35. The van der Waals surface area contributed by atoms with Gasteiger partial charge >= 0.3 is 0 Å². The molecule has 1 nitrogen and oxygen atoms in total. The molecule has 2 rings (SSSR count). The maximum Gasteiger partial charge on any atom is 0.117 e. The van der Waals surface area contributed by atoms with Crippen LogP contribution in [-0.2, 0) is 4.74 Å². The van der Waals surface area contributed by atoms with Gasteiger partial charge in [0.2, 0.25) is 0 Å². The van der Waals surface area contributed by atoms with Gasteiger partial charge in [0.1, 0.15) is 8.07 Å². The van der Waals surface area contributed by atoms with Gasteiger partial charge in [-0.2, -0.15) is 0 Å². The van der Waals surface area contributed by atoms with Crippen LogP contribution >= 0.6 is 0 Å². The van der Waals surface area contributed by atoms with E-state index in [9.17, 15) is 0 Å². The molecule has 0 heterocycles. The van der Waals surface area contributed by atoms with Crippen molar-refractivity contribution in [1.82, 2.24) is 0 Å². The standard InChI is InChI=1S/C18H24OSi/c1-16(2)19-14-15-20(3,17-10-6-4-7-11-17)18-12-8-5-9-13-18/h4-13,16H,14-15H2,1-3H3. The minimum absolute atomic E-state index is 0.305. The van der Waals surface area contributed by atoms with E-state index >= 15 is 0 Å². The van der Waals surface area contributed by atoms with Gasteiger partial charge in [-0.1, -0.05) is 77.6 Å². The van der Waals surface area contributed by atoms with Crippen LogP contribution in [0.5, 0.6) is 0 Å². The summed E-state index contributed by atoms with van der Waals surface area (Å²) in [4.78, 5) is 0. The van der Waals surface area contributed by atoms with Gasteiger partial charge in [-0.3, -0.25) is 0 Å². The van der Waals surface area contributed by atoms with Crippen LogP contribution in [0.15, 0.2) is 60.7 Å². The van der Waals surface area contributed by atoms with E-state index in [2.05, 4.69) is 81.1 Å². The molecule has 0 aliphatic heterocycles. The molecule has 2 aromatic rings. The lowest BCUT2D eigenvalue weighted by Gasteiger charge is -2.29. The van der Waals surface area contributed by atoms with Crippen LogP contribution in [0.3, 0.4) is 0 Å². The van der Waals surface area contributed by atoms with E-state index in [0.717, 1.165) is 12.7 Å². The maximum atomic E-state index is 5.82. The molecule has 0 aliphatic carbocycles. The molecule has 0 radical (unpaired) electrons. The van der Waals surface area contributed by atoms with Crippen LogP contribution in [0.1, 0.15) is 13.8 Å². The summed E-state index contributed by atoms with van der Waals surface area (Å²) >= 11 is 0. The third-order valence-electron chi connectivity index (χ3n) is 3.88. The lowest BCUT2D eigenvalue weighted by Crippen LogP contribution is -2.56. The summed E-state index contributed by atoms with van der Waals surface area (Å²) in [6.45, 7) is 7.49. The van der Waals surface area contributed by atoms with Gasteiger partial charge in [0.15, 0.2) is 0 Å². The lowest BCUT2D eigenvalue weighted by atomic mass is 10.4. The zero-order valence-electron chi connectivity index (χ0n) is 12.7. The first-order chi connectivity index (χ1) is 9.63. The highest BCUT2D eigenvalue weighted by atomic mass is 28.3. The van der Waals surface area contributed by atoms with Gasteiger partial charge in [0.05, 0.1) is 6.10 Å². The number of ether oxygens (including phenoxy) is 1. The van der Waals surface area contributed by atoms with Gasteiger partial charge in [-0.15, -0.1) is 0 Å². The summed E-state index contributed by atoms with van der Waals surface area (Å²) in [5, 5.41) is 2.97. The molecular formula is C18H24OSi. The van der Waals surface area contributed by atoms with Crippen molar-refractivity contribution in [1.29, 1.82) is 0 Å². The average molecular weight is 284 g/mol. The molecule has 0 N–H and O–H groups in total. The lowest BCUT2D eigenvalue weighted by molar-refractivity contribution is 0.0895. The van der Waals surface area contributed by atoms with Gasteiger partial charge < -0.3 is 4.74 Å². The van der Waals surface area contributed by atoms with Crippen molar-refractivity contribution in [3.63, 3.8) is 0 Å². The molecule has 2 heteroatoms. The molecule has 0 unspecified atom stereocenters. The van der Waals surface area contributed by atoms with E-state index in [-0.39, 0.29) is 0 Å². The van der Waals surface area contributed by atoms with Crippen LogP contribution in [0.25, 0.3) is 0 Å². The molecule has 106 valence electrons. The van der Waals surface area contributed by atoms with Crippen molar-refractivity contribution in [3.05, 3.63) is 60.7 Å². The van der Waals surface area contributed by atoms with E-state index in [1.54, 1.807) is 0 Å². The van der Waals surface area contributed by atoms with E-state index in [1.807, 2.05) is 0 Å². The summed E-state index contributed by atoms with van der Waals surface area (Å²) in [5.41, 5.74) is 0. The third kappa shape index (κ3) is 3.59. The Morgan fingerprint density at radius 2 is 1.30 bits per heavy atom. The second-order valence-corrected chi connectivity index (χ2v) is 10.1. The first kappa shape index (κ1) is 15.0. The Balaban J connectivity index is 2.29. The van der Waals surface area contributed by atoms with E-state index in [1.165, 1.54) is 10.4 Å². The molecule has 0 saturated carbocycles. The van der Waals surface area contributed by atoms with E-state index in [4.69, 9.17) is 4.74 Å². The van der Waals surface area contributed by atoms with Gasteiger partial charge in [0, 0.05) is 6.61 Å². The summed E-state index contributed by atoms with van der Waals surface area (Å²) in [6.07, 6.45) is 0.305. The topological polar surface area (TPSA) is 9.23 Å². The Bertz CT molecular complexity index is 468. The Morgan fingerprint density at radius 1 is 0.850 bits per heavy atom. The van der Waals surface area contributed by atoms with Gasteiger partial charge in [0.25, 0.3) is 0 Å². The summed E-state index contributed by atoms with van der Waals surface area (Å²) in [7, 11) is -1.69. The molecule has 2 aromatic carbocycles. The Hall–Kier alpha value is -1.38. The number of rotatable bonds is 6. The fourth-order valence-electron chi connectivity index (χ4n) is 2.57. The Kier molecular flexibility index (Phi) is 5.15. The zero-order chi connectivity index (χ0) is 14.4. The van der Waals surface area contributed by atoms with E-state index in [0.29, 0.717) is 6.10 Å². The minimum Gasteiger partial charge on any atom is -0.379 e. The largest absolute Gasteiger partial charge is 0.379 e. The summed E-state index contributed by atoms with van der Waals surface area (Å²) < 4.78 is 5.82.